The molecule has 3 aromatic rings. The number of benzene rings is 2. The van der Waals surface area contributed by atoms with Crippen LogP contribution in [0.3, 0.4) is 0 Å². The molecule has 4 nitrogen and oxygen atoms in total. The average molecular weight is 543 g/mol. The second kappa shape index (κ2) is 15.8. The number of para-hydroxylation sites is 2. The minimum absolute atomic E-state index is 0.506. The third-order valence-corrected chi connectivity index (χ3v) is 7.76. The Kier molecular flexibility index (Phi) is 12.5. The van der Waals surface area contributed by atoms with Crippen molar-refractivity contribution in [3.05, 3.63) is 88.7 Å². The molecule has 0 saturated carbocycles. The summed E-state index contributed by atoms with van der Waals surface area (Å²) in [6, 6.07) is 19.8. The first-order chi connectivity index (χ1) is 19.2. The number of pyridine rings is 1. The standard InChI is InChI=1S/C36H54N4/c1-26(2)31-16-11-17-32(27(3)4)35(31)38-21-13-23-40(25-30-15-9-10-20-37-30)24-14-22-39-36-33(28(5)6)18-12-19-34(36)29(7)8/h9-12,15-20,26-29,38-39H,13-14,21-25H2,1-8H3. The minimum Gasteiger partial charge on any atom is -0.385 e. The summed E-state index contributed by atoms with van der Waals surface area (Å²) in [6.07, 6.45) is 4.10. The molecule has 1 heterocycles. The molecular weight excluding hydrogens is 488 g/mol. The van der Waals surface area contributed by atoms with Gasteiger partial charge in [-0.2, -0.15) is 0 Å². The fourth-order valence-electron chi connectivity index (χ4n) is 5.53. The van der Waals surface area contributed by atoms with Gasteiger partial charge < -0.3 is 10.6 Å². The fraction of sp³-hybridized carbons (Fsp3) is 0.528. The molecule has 0 amide bonds. The van der Waals surface area contributed by atoms with Gasteiger partial charge >= 0.3 is 0 Å². The van der Waals surface area contributed by atoms with E-state index in [1.807, 2.05) is 12.3 Å². The highest BCUT2D eigenvalue weighted by Gasteiger charge is 2.15. The van der Waals surface area contributed by atoms with E-state index in [2.05, 4.69) is 124 Å². The molecule has 218 valence electrons. The van der Waals surface area contributed by atoms with E-state index in [-0.39, 0.29) is 0 Å². The first-order valence-corrected chi connectivity index (χ1v) is 15.5. The van der Waals surface area contributed by atoms with Gasteiger partial charge in [-0.1, -0.05) is 97.9 Å². The first kappa shape index (κ1) is 31.7. The zero-order valence-corrected chi connectivity index (χ0v) is 26.4. The monoisotopic (exact) mass is 542 g/mol. The van der Waals surface area contributed by atoms with E-state index < -0.39 is 0 Å². The van der Waals surface area contributed by atoms with Crippen molar-refractivity contribution in [2.45, 2.75) is 98.4 Å². The number of aromatic nitrogens is 1. The van der Waals surface area contributed by atoms with E-state index in [4.69, 9.17) is 0 Å². The van der Waals surface area contributed by atoms with Crippen LogP contribution in [0.5, 0.6) is 0 Å². The molecule has 4 heteroatoms. The van der Waals surface area contributed by atoms with Crippen molar-refractivity contribution in [3.8, 4) is 0 Å². The molecule has 0 aliphatic carbocycles. The molecule has 0 aliphatic rings. The number of hydrogen-bond donors (Lipinski definition) is 2. The molecule has 0 saturated heterocycles. The molecule has 2 aromatic carbocycles. The molecule has 40 heavy (non-hydrogen) atoms. The zero-order valence-electron chi connectivity index (χ0n) is 26.4. The third-order valence-electron chi connectivity index (χ3n) is 7.76. The molecule has 0 radical (unpaired) electrons. The third kappa shape index (κ3) is 9.09. The molecule has 3 rings (SSSR count). The maximum atomic E-state index is 4.62. The van der Waals surface area contributed by atoms with Gasteiger partial charge in [0.25, 0.3) is 0 Å². The normalized spacial score (nSPS) is 11.8. The van der Waals surface area contributed by atoms with E-state index >= 15 is 0 Å². The summed E-state index contributed by atoms with van der Waals surface area (Å²) in [5, 5.41) is 7.66. The lowest BCUT2D eigenvalue weighted by Crippen LogP contribution is -2.28. The second-order valence-corrected chi connectivity index (χ2v) is 12.4. The smallest absolute Gasteiger partial charge is 0.0543 e. The summed E-state index contributed by atoms with van der Waals surface area (Å²) in [6.45, 7) is 23.2. The predicted octanol–water partition coefficient (Wildman–Crippen LogP) is 9.38. The molecule has 2 N–H and O–H groups in total. The molecule has 0 fully saturated rings. The van der Waals surface area contributed by atoms with Gasteiger partial charge in [-0.05, 0) is 70.9 Å². The summed E-state index contributed by atoms with van der Waals surface area (Å²) >= 11 is 0. The van der Waals surface area contributed by atoms with Crippen molar-refractivity contribution < 1.29 is 0 Å². The van der Waals surface area contributed by atoms with Gasteiger partial charge in [-0.25, -0.2) is 0 Å². The van der Waals surface area contributed by atoms with Crippen molar-refractivity contribution in [1.82, 2.24) is 9.88 Å². The van der Waals surface area contributed by atoms with Crippen LogP contribution in [-0.2, 0) is 6.54 Å². The molecule has 0 spiro atoms. The predicted molar refractivity (Wildman–Crippen MR) is 175 cm³/mol. The first-order valence-electron chi connectivity index (χ1n) is 15.5. The molecule has 0 unspecified atom stereocenters. The van der Waals surface area contributed by atoms with E-state index in [0.717, 1.165) is 51.3 Å². The molecule has 0 aliphatic heterocycles. The van der Waals surface area contributed by atoms with E-state index in [0.29, 0.717) is 23.7 Å². The number of nitrogens with one attached hydrogen (secondary N) is 2. The summed E-state index contributed by atoms with van der Waals surface area (Å²) in [5.41, 5.74) is 9.52. The lowest BCUT2D eigenvalue weighted by Gasteiger charge is -2.25. The Labute approximate surface area is 245 Å². The molecular formula is C36H54N4. The van der Waals surface area contributed by atoms with Crippen LogP contribution in [0.4, 0.5) is 11.4 Å². The largest absolute Gasteiger partial charge is 0.385 e. The number of rotatable bonds is 16. The lowest BCUT2D eigenvalue weighted by atomic mass is 9.92. The average Bonchev–Trinajstić information content (AvgIpc) is 2.93. The van der Waals surface area contributed by atoms with E-state index in [1.165, 1.54) is 33.6 Å². The van der Waals surface area contributed by atoms with Gasteiger partial charge in [0.2, 0.25) is 0 Å². The van der Waals surface area contributed by atoms with Crippen molar-refractivity contribution in [1.29, 1.82) is 0 Å². The van der Waals surface area contributed by atoms with Gasteiger partial charge in [-0.15, -0.1) is 0 Å². The Morgan fingerprint density at radius 1 is 0.575 bits per heavy atom. The van der Waals surface area contributed by atoms with Gasteiger partial charge in [0, 0.05) is 50.3 Å². The van der Waals surface area contributed by atoms with Gasteiger partial charge in [0.15, 0.2) is 0 Å². The summed E-state index contributed by atoms with van der Waals surface area (Å²) < 4.78 is 0. The van der Waals surface area contributed by atoms with Gasteiger partial charge in [0.1, 0.15) is 0 Å². The van der Waals surface area contributed by atoms with E-state index in [1.54, 1.807) is 0 Å². The Bertz CT molecular complexity index is 1030. The zero-order chi connectivity index (χ0) is 29.1. The van der Waals surface area contributed by atoms with E-state index in [9.17, 15) is 0 Å². The number of hydrogen-bond acceptors (Lipinski definition) is 4. The van der Waals surface area contributed by atoms with Crippen LogP contribution in [0.2, 0.25) is 0 Å². The van der Waals surface area contributed by atoms with Gasteiger partial charge in [0.05, 0.1) is 5.69 Å². The van der Waals surface area contributed by atoms with Crippen LogP contribution >= 0.6 is 0 Å². The van der Waals surface area contributed by atoms with Crippen LogP contribution in [0.15, 0.2) is 60.8 Å². The van der Waals surface area contributed by atoms with Crippen LogP contribution in [0.25, 0.3) is 0 Å². The van der Waals surface area contributed by atoms with Crippen molar-refractivity contribution in [3.63, 3.8) is 0 Å². The van der Waals surface area contributed by atoms with Crippen LogP contribution in [0, 0.1) is 0 Å². The Balaban J connectivity index is 1.62. The Morgan fingerprint density at radius 3 is 1.35 bits per heavy atom. The van der Waals surface area contributed by atoms with Crippen LogP contribution < -0.4 is 10.6 Å². The molecule has 1 aromatic heterocycles. The fourth-order valence-corrected chi connectivity index (χ4v) is 5.53. The SMILES string of the molecule is CC(C)c1cccc(C(C)C)c1NCCCN(CCCNc1c(C(C)C)cccc1C(C)C)Cc1ccccn1. The van der Waals surface area contributed by atoms with Crippen molar-refractivity contribution in [2.24, 2.45) is 0 Å². The highest BCUT2D eigenvalue weighted by Crippen LogP contribution is 2.33. The van der Waals surface area contributed by atoms with Crippen molar-refractivity contribution in [2.75, 3.05) is 36.8 Å². The summed E-state index contributed by atoms with van der Waals surface area (Å²) in [5.74, 6) is 2.02. The topological polar surface area (TPSA) is 40.2 Å². The maximum absolute atomic E-state index is 4.62. The summed E-state index contributed by atoms with van der Waals surface area (Å²) in [7, 11) is 0. The van der Waals surface area contributed by atoms with Crippen LogP contribution in [0.1, 0.15) is 120 Å². The van der Waals surface area contributed by atoms with Gasteiger partial charge in [-0.3, -0.25) is 9.88 Å². The molecule has 0 bridgehead atoms. The summed E-state index contributed by atoms with van der Waals surface area (Å²) in [4.78, 5) is 7.19. The highest BCUT2D eigenvalue weighted by molar-refractivity contribution is 5.61. The Hall–Kier alpha value is -2.85. The molecule has 0 atom stereocenters. The van der Waals surface area contributed by atoms with Crippen molar-refractivity contribution >= 4 is 11.4 Å². The quantitative estimate of drug-likeness (QED) is 0.177. The second-order valence-electron chi connectivity index (χ2n) is 12.4. The number of nitrogens with zero attached hydrogens (tertiary/aromatic N) is 2. The Morgan fingerprint density at radius 2 is 1.00 bits per heavy atom. The maximum Gasteiger partial charge on any atom is 0.0543 e. The lowest BCUT2D eigenvalue weighted by molar-refractivity contribution is 0.260. The van der Waals surface area contributed by atoms with Crippen LogP contribution in [-0.4, -0.2) is 36.1 Å². The minimum atomic E-state index is 0.506. The highest BCUT2D eigenvalue weighted by atomic mass is 15.1. The number of anilines is 2.